The summed E-state index contributed by atoms with van der Waals surface area (Å²) < 4.78 is 22.9. The molecule has 0 saturated heterocycles. The highest BCUT2D eigenvalue weighted by Gasteiger charge is 2.25. The van der Waals surface area contributed by atoms with Crippen molar-refractivity contribution in [2.24, 2.45) is 0 Å². The first kappa shape index (κ1) is 86.9. The van der Waals surface area contributed by atoms with Gasteiger partial charge in [-0.15, -0.1) is 0 Å². The Morgan fingerprint density at radius 3 is 0.860 bits per heavy atom. The highest BCUT2D eigenvalue weighted by molar-refractivity contribution is 5.71. The van der Waals surface area contributed by atoms with E-state index in [0.717, 1.165) is 167 Å². The van der Waals surface area contributed by atoms with Crippen LogP contribution in [-0.4, -0.2) is 87.4 Å². The summed E-state index contributed by atoms with van der Waals surface area (Å²) in [5, 5.41) is 9.75. The van der Waals surface area contributed by atoms with Crippen LogP contribution >= 0.6 is 0 Å². The van der Waals surface area contributed by atoms with Crippen LogP contribution in [0.3, 0.4) is 0 Å². The minimum Gasteiger partial charge on any atom is -0.477 e. The molecule has 0 aromatic carbocycles. The fourth-order valence-corrected chi connectivity index (χ4v) is 9.08. The molecule has 0 heterocycles. The van der Waals surface area contributed by atoms with Gasteiger partial charge >= 0.3 is 17.9 Å². The number of rotatable bonds is 64. The molecule has 0 saturated carbocycles. The molecule has 520 valence electrons. The molecule has 0 fully saturated rings. The monoisotopic (exact) mass is 1280 g/mol. The molecule has 0 radical (unpaired) electrons. The molecule has 0 aliphatic carbocycles. The summed E-state index contributed by atoms with van der Waals surface area (Å²) in [6.45, 7) is 4.60. The van der Waals surface area contributed by atoms with Crippen molar-refractivity contribution >= 4 is 17.9 Å². The molecule has 0 spiro atoms. The lowest BCUT2D eigenvalue weighted by Gasteiger charge is -2.25. The van der Waals surface area contributed by atoms with Gasteiger partial charge in [-0.25, -0.2) is 4.79 Å². The van der Waals surface area contributed by atoms with Crippen LogP contribution in [0.5, 0.6) is 0 Å². The molecule has 9 heteroatoms. The highest BCUT2D eigenvalue weighted by atomic mass is 16.7. The number of esters is 2. The van der Waals surface area contributed by atoms with Crippen molar-refractivity contribution < 1.29 is 42.9 Å². The topological polar surface area (TPSA) is 108 Å². The van der Waals surface area contributed by atoms with Gasteiger partial charge in [0.1, 0.15) is 13.2 Å². The Morgan fingerprint density at radius 2 is 0.581 bits per heavy atom. The number of hydrogen-bond acceptors (Lipinski definition) is 7. The standard InChI is InChI=1S/C84H131NO8/c1-6-8-10-12-14-16-18-20-22-24-26-28-30-32-34-35-36-37-38-39-40-41-42-43-44-45-46-47-49-51-53-55-57-59-61-63-65-67-69-71-73-75-82(87)93-80(79-92-84(83(88)89)90-77-76-85(3,4)5)78-91-81(86)74-72-70-68-66-64-62-60-58-56-54-52-50-48-33-31-29-27-25-23-21-19-17-15-13-11-9-7-2/h8-11,14-17,20-23,26-29,32-34,36-37,39-40,42-43,45-46,48-49,51-52,54-55,57,80,84H,6-7,12-13,18-19,24-25,30-31,35,38,41,44,47,50,53,56,58-79H2,1-5H3/p+1/b10-8-,11-9-,16-14-,17-15-,22-20-,23-21-,28-26-,29-27-,34-32-,37-36-,40-39-,43-42-,46-45-,48-33-,51-49-,54-52-,57-55-. The van der Waals surface area contributed by atoms with Crippen molar-refractivity contribution in [3.05, 3.63) is 207 Å². The van der Waals surface area contributed by atoms with Gasteiger partial charge in [-0.3, -0.25) is 9.59 Å². The number of hydrogen-bond donors (Lipinski definition) is 1. The maximum absolute atomic E-state index is 13.0. The number of aliphatic carboxylic acids is 1. The van der Waals surface area contributed by atoms with Crippen molar-refractivity contribution in [1.82, 2.24) is 0 Å². The Labute approximate surface area is 569 Å². The first-order chi connectivity index (χ1) is 45.6. The van der Waals surface area contributed by atoms with Gasteiger partial charge < -0.3 is 28.5 Å². The minimum absolute atomic E-state index is 0.172. The van der Waals surface area contributed by atoms with Crippen molar-refractivity contribution in [2.75, 3.05) is 47.5 Å². The molecular weight excluding hydrogens is 1150 g/mol. The summed E-state index contributed by atoms with van der Waals surface area (Å²) in [5.41, 5.74) is 0. The number of allylic oxidation sites excluding steroid dienone is 34. The Morgan fingerprint density at radius 1 is 0.323 bits per heavy atom. The zero-order chi connectivity index (χ0) is 67.5. The third-order valence-corrected chi connectivity index (χ3v) is 14.5. The summed E-state index contributed by atoms with van der Waals surface area (Å²) in [4.78, 5) is 37.7. The lowest BCUT2D eigenvalue weighted by Crippen LogP contribution is -2.40. The maximum atomic E-state index is 13.0. The van der Waals surface area contributed by atoms with Crippen LogP contribution in [0.4, 0.5) is 0 Å². The van der Waals surface area contributed by atoms with Crippen LogP contribution in [0.2, 0.25) is 0 Å². The van der Waals surface area contributed by atoms with Gasteiger partial charge in [-0.05, 0) is 148 Å². The van der Waals surface area contributed by atoms with E-state index < -0.39 is 24.3 Å². The zero-order valence-corrected chi connectivity index (χ0v) is 59.3. The first-order valence-electron chi connectivity index (χ1n) is 36.2. The maximum Gasteiger partial charge on any atom is 0.361 e. The fraction of sp³-hybridized carbons (Fsp3) is 0.560. The summed E-state index contributed by atoms with van der Waals surface area (Å²) in [6, 6.07) is 0. The zero-order valence-electron chi connectivity index (χ0n) is 59.3. The van der Waals surface area contributed by atoms with E-state index in [1.807, 2.05) is 21.1 Å². The van der Waals surface area contributed by atoms with Gasteiger partial charge in [0, 0.05) is 12.8 Å². The van der Waals surface area contributed by atoms with Gasteiger partial charge in [0.25, 0.3) is 6.29 Å². The predicted molar refractivity (Wildman–Crippen MR) is 400 cm³/mol. The van der Waals surface area contributed by atoms with E-state index in [1.165, 1.54) is 44.9 Å². The number of carboxylic acids is 1. The molecule has 0 aliphatic heterocycles. The number of carbonyl (C=O) groups excluding carboxylic acids is 2. The highest BCUT2D eigenvalue weighted by Crippen LogP contribution is 2.15. The van der Waals surface area contributed by atoms with Crippen LogP contribution in [0.15, 0.2) is 207 Å². The van der Waals surface area contributed by atoms with E-state index >= 15 is 0 Å². The number of carbonyl (C=O) groups is 3. The third-order valence-electron chi connectivity index (χ3n) is 14.5. The normalized spacial score (nSPS) is 13.9. The lowest BCUT2D eigenvalue weighted by atomic mass is 10.1. The van der Waals surface area contributed by atoms with Gasteiger partial charge in [0.05, 0.1) is 34.4 Å². The van der Waals surface area contributed by atoms with Crippen LogP contribution in [0.1, 0.15) is 245 Å². The summed E-state index contributed by atoms with van der Waals surface area (Å²) in [7, 11) is 5.95. The average Bonchev–Trinajstić information content (AvgIpc) is 3.38. The van der Waals surface area contributed by atoms with E-state index in [1.54, 1.807) is 0 Å². The smallest absolute Gasteiger partial charge is 0.361 e. The molecular formula is C84H132NO8+. The Balaban J connectivity index is 4.23. The first-order valence-corrected chi connectivity index (χ1v) is 36.2. The second kappa shape index (κ2) is 71.7. The SMILES string of the molecule is CC/C=C\C/C=C\C/C=C\C/C=C\C/C=C\C/C=C\C/C=C\C/C=C\C/C=C\C/C=C\C/C=C\CCCCCCCCCC(=O)OC(COC(=O)CCCCCCCCCC/C=C\C/C=C\C/C=C\C/C=C\C/C=C\C/C=C\CC)COC(OCC[N+](C)(C)C)C(=O)O. The molecule has 93 heavy (non-hydrogen) atoms. The number of unbranched alkanes of at least 4 members (excludes halogenated alkanes) is 15. The number of likely N-dealkylation sites (N-methyl/N-ethyl adjacent to an activating group) is 1. The molecule has 0 aliphatic rings. The molecule has 0 aromatic heterocycles. The fourth-order valence-electron chi connectivity index (χ4n) is 9.08. The molecule has 0 bridgehead atoms. The van der Waals surface area contributed by atoms with Crippen LogP contribution in [0.25, 0.3) is 0 Å². The number of ether oxygens (including phenoxy) is 4. The van der Waals surface area contributed by atoms with Crippen molar-refractivity contribution in [3.63, 3.8) is 0 Å². The van der Waals surface area contributed by atoms with Gasteiger partial charge in [-0.1, -0.05) is 291 Å². The second-order valence-corrected chi connectivity index (χ2v) is 24.4. The van der Waals surface area contributed by atoms with E-state index in [2.05, 4.69) is 220 Å². The van der Waals surface area contributed by atoms with Gasteiger partial charge in [-0.2, -0.15) is 0 Å². The summed E-state index contributed by atoms with van der Waals surface area (Å²) in [5.74, 6) is -2.05. The van der Waals surface area contributed by atoms with E-state index in [4.69, 9.17) is 18.9 Å². The van der Waals surface area contributed by atoms with Gasteiger partial charge in [0.15, 0.2) is 6.10 Å². The van der Waals surface area contributed by atoms with Crippen molar-refractivity contribution in [1.29, 1.82) is 0 Å². The quantitative estimate of drug-likeness (QED) is 0.0211. The van der Waals surface area contributed by atoms with E-state index in [0.29, 0.717) is 17.4 Å². The van der Waals surface area contributed by atoms with Crippen LogP contribution in [0, 0.1) is 0 Å². The Bertz CT molecular complexity index is 2280. The Kier molecular flexibility index (Phi) is 67.0. The molecule has 2 unspecified atom stereocenters. The molecule has 0 rings (SSSR count). The second-order valence-electron chi connectivity index (χ2n) is 24.4. The Hall–Kier alpha value is -6.13. The number of quaternary nitrogens is 1. The largest absolute Gasteiger partial charge is 0.477 e. The number of nitrogens with zero attached hydrogens (tertiary/aromatic N) is 1. The summed E-state index contributed by atoms with van der Waals surface area (Å²) >= 11 is 0. The summed E-state index contributed by atoms with van der Waals surface area (Å²) in [6.07, 6.45) is 109. The third kappa shape index (κ3) is 73.1. The molecule has 9 nitrogen and oxygen atoms in total. The van der Waals surface area contributed by atoms with Crippen LogP contribution < -0.4 is 0 Å². The minimum atomic E-state index is -1.53. The molecule has 0 aromatic rings. The van der Waals surface area contributed by atoms with Gasteiger partial charge in [0.2, 0.25) is 0 Å². The molecule has 2 atom stereocenters. The lowest BCUT2D eigenvalue weighted by molar-refractivity contribution is -0.870. The van der Waals surface area contributed by atoms with Crippen LogP contribution in [-0.2, 0) is 33.3 Å². The predicted octanol–water partition coefficient (Wildman–Crippen LogP) is 23.1. The molecule has 0 amide bonds. The average molecular weight is 1280 g/mol. The molecule has 1 N–H and O–H groups in total. The van der Waals surface area contributed by atoms with E-state index in [-0.39, 0.29) is 38.6 Å². The van der Waals surface area contributed by atoms with Crippen molar-refractivity contribution in [2.45, 2.75) is 257 Å². The number of carboxylic acid groups (broad SMARTS) is 1. The van der Waals surface area contributed by atoms with Crippen molar-refractivity contribution in [3.8, 4) is 0 Å². The van der Waals surface area contributed by atoms with E-state index in [9.17, 15) is 19.5 Å².